The minimum atomic E-state index is -0.794. The summed E-state index contributed by atoms with van der Waals surface area (Å²) in [6.45, 7) is 0.479. The van der Waals surface area contributed by atoms with E-state index in [4.69, 9.17) is 0 Å². The van der Waals surface area contributed by atoms with Gasteiger partial charge in [0.2, 0.25) is 11.8 Å². The number of hydrogen-bond acceptors (Lipinski definition) is 2. The van der Waals surface area contributed by atoms with Gasteiger partial charge in [-0.1, -0.05) is 36.4 Å². The molecule has 0 bridgehead atoms. The third kappa shape index (κ3) is 4.90. The fourth-order valence-electron chi connectivity index (χ4n) is 3.39. The molecule has 27 heavy (non-hydrogen) atoms. The SMILES string of the molecule is O=C(NCc1ccccc1)C1CCC(C(=O)Nc2c(F)cccc2F)CC1. The molecule has 0 unspecified atom stereocenters. The van der Waals surface area contributed by atoms with Crippen LogP contribution in [0.1, 0.15) is 31.2 Å². The zero-order valence-electron chi connectivity index (χ0n) is 14.9. The van der Waals surface area contributed by atoms with E-state index in [0.29, 0.717) is 32.2 Å². The Balaban J connectivity index is 1.48. The minimum Gasteiger partial charge on any atom is -0.352 e. The molecule has 0 heterocycles. The van der Waals surface area contributed by atoms with E-state index in [1.807, 2.05) is 30.3 Å². The molecule has 1 fully saturated rings. The van der Waals surface area contributed by atoms with Crippen molar-refractivity contribution in [2.45, 2.75) is 32.2 Å². The van der Waals surface area contributed by atoms with Gasteiger partial charge in [-0.15, -0.1) is 0 Å². The Bertz CT molecular complexity index is 783. The van der Waals surface area contributed by atoms with Crippen molar-refractivity contribution >= 4 is 17.5 Å². The van der Waals surface area contributed by atoms with E-state index in [2.05, 4.69) is 10.6 Å². The number of para-hydroxylation sites is 1. The topological polar surface area (TPSA) is 58.2 Å². The fraction of sp³-hybridized carbons (Fsp3) is 0.333. The lowest BCUT2D eigenvalue weighted by Crippen LogP contribution is -2.35. The van der Waals surface area contributed by atoms with Crippen molar-refractivity contribution in [2.24, 2.45) is 11.8 Å². The normalized spacial score (nSPS) is 19.3. The molecule has 0 radical (unpaired) electrons. The van der Waals surface area contributed by atoms with Crippen molar-refractivity contribution in [3.05, 3.63) is 65.7 Å². The maximum absolute atomic E-state index is 13.7. The van der Waals surface area contributed by atoms with E-state index in [9.17, 15) is 18.4 Å². The summed E-state index contributed by atoms with van der Waals surface area (Å²) < 4.78 is 27.3. The molecule has 2 amide bonds. The number of carbonyl (C=O) groups is 2. The molecule has 2 aromatic rings. The Morgan fingerprint density at radius 2 is 1.37 bits per heavy atom. The molecule has 3 rings (SSSR count). The summed E-state index contributed by atoms with van der Waals surface area (Å²) in [6.07, 6.45) is 2.20. The zero-order chi connectivity index (χ0) is 19.2. The van der Waals surface area contributed by atoms with Gasteiger partial charge < -0.3 is 10.6 Å². The summed E-state index contributed by atoms with van der Waals surface area (Å²) in [5.74, 6) is -2.49. The number of anilines is 1. The summed E-state index contributed by atoms with van der Waals surface area (Å²) in [6, 6.07) is 13.1. The van der Waals surface area contributed by atoms with Gasteiger partial charge in [0.05, 0.1) is 0 Å². The molecule has 0 aromatic heterocycles. The number of hydrogen-bond donors (Lipinski definition) is 2. The molecule has 2 aromatic carbocycles. The van der Waals surface area contributed by atoms with Crippen LogP contribution in [0.2, 0.25) is 0 Å². The molecule has 0 atom stereocenters. The van der Waals surface area contributed by atoms with Crippen LogP contribution in [-0.2, 0) is 16.1 Å². The van der Waals surface area contributed by atoms with Crippen LogP contribution in [0.4, 0.5) is 14.5 Å². The number of nitrogens with one attached hydrogen (secondary N) is 2. The van der Waals surface area contributed by atoms with Crippen molar-refractivity contribution in [3.63, 3.8) is 0 Å². The Morgan fingerprint density at radius 3 is 1.96 bits per heavy atom. The maximum Gasteiger partial charge on any atom is 0.227 e. The lowest BCUT2D eigenvalue weighted by molar-refractivity contribution is -0.128. The van der Waals surface area contributed by atoms with Crippen LogP contribution in [0, 0.1) is 23.5 Å². The average Bonchev–Trinajstić information content (AvgIpc) is 2.70. The lowest BCUT2D eigenvalue weighted by Gasteiger charge is -2.27. The molecule has 0 saturated heterocycles. The van der Waals surface area contributed by atoms with Gasteiger partial charge in [0.15, 0.2) is 0 Å². The summed E-state index contributed by atoms with van der Waals surface area (Å²) in [7, 11) is 0. The molecule has 1 aliphatic carbocycles. The van der Waals surface area contributed by atoms with Crippen LogP contribution in [0.5, 0.6) is 0 Å². The number of amides is 2. The summed E-state index contributed by atoms with van der Waals surface area (Å²) in [5.41, 5.74) is 0.621. The van der Waals surface area contributed by atoms with Gasteiger partial charge in [-0.2, -0.15) is 0 Å². The van der Waals surface area contributed by atoms with Crippen molar-refractivity contribution in [1.82, 2.24) is 5.32 Å². The second-order valence-electron chi connectivity index (χ2n) is 6.84. The molecule has 142 valence electrons. The van der Waals surface area contributed by atoms with Gasteiger partial charge in [-0.05, 0) is 43.4 Å². The minimum absolute atomic E-state index is 0.0159. The van der Waals surface area contributed by atoms with Gasteiger partial charge in [-0.3, -0.25) is 9.59 Å². The first-order valence-electron chi connectivity index (χ1n) is 9.11. The molecular formula is C21H22F2N2O2. The lowest BCUT2D eigenvalue weighted by atomic mass is 9.81. The van der Waals surface area contributed by atoms with E-state index < -0.39 is 23.2 Å². The number of halogens is 2. The molecule has 0 aliphatic heterocycles. The molecular weight excluding hydrogens is 350 g/mol. The van der Waals surface area contributed by atoms with Gasteiger partial charge >= 0.3 is 0 Å². The van der Waals surface area contributed by atoms with Crippen LogP contribution in [-0.4, -0.2) is 11.8 Å². The van der Waals surface area contributed by atoms with Crippen LogP contribution in [0.3, 0.4) is 0 Å². The second-order valence-corrected chi connectivity index (χ2v) is 6.84. The van der Waals surface area contributed by atoms with Gasteiger partial charge in [0.1, 0.15) is 17.3 Å². The predicted molar refractivity (Wildman–Crippen MR) is 98.7 cm³/mol. The third-order valence-corrected chi connectivity index (χ3v) is 4.99. The Labute approximate surface area is 157 Å². The van der Waals surface area contributed by atoms with E-state index >= 15 is 0 Å². The first-order chi connectivity index (χ1) is 13.0. The smallest absolute Gasteiger partial charge is 0.227 e. The van der Waals surface area contributed by atoms with Crippen LogP contribution < -0.4 is 10.6 Å². The van der Waals surface area contributed by atoms with Crippen molar-refractivity contribution in [3.8, 4) is 0 Å². The monoisotopic (exact) mass is 372 g/mol. The highest BCUT2D eigenvalue weighted by atomic mass is 19.1. The number of carbonyl (C=O) groups excluding carboxylic acids is 2. The van der Waals surface area contributed by atoms with Gasteiger partial charge in [0, 0.05) is 18.4 Å². The predicted octanol–water partition coefficient (Wildman–Crippen LogP) is 4.03. The van der Waals surface area contributed by atoms with Crippen molar-refractivity contribution < 1.29 is 18.4 Å². The largest absolute Gasteiger partial charge is 0.352 e. The number of benzene rings is 2. The van der Waals surface area contributed by atoms with E-state index in [-0.39, 0.29) is 17.7 Å². The number of rotatable bonds is 5. The quantitative estimate of drug-likeness (QED) is 0.833. The molecule has 0 spiro atoms. The molecule has 1 aliphatic rings. The zero-order valence-corrected chi connectivity index (χ0v) is 14.9. The second kappa shape index (κ2) is 8.75. The van der Waals surface area contributed by atoms with Gasteiger partial charge in [0.25, 0.3) is 0 Å². The summed E-state index contributed by atoms with van der Waals surface area (Å²) in [5, 5.41) is 5.28. The Kier molecular flexibility index (Phi) is 6.16. The van der Waals surface area contributed by atoms with Gasteiger partial charge in [-0.25, -0.2) is 8.78 Å². The van der Waals surface area contributed by atoms with E-state index in [0.717, 1.165) is 17.7 Å². The standard InChI is InChI=1S/C21H22F2N2O2/c22-17-7-4-8-18(23)19(17)25-21(27)16-11-9-15(10-12-16)20(26)24-13-14-5-2-1-3-6-14/h1-8,15-16H,9-13H2,(H,24,26)(H,25,27). The first-order valence-corrected chi connectivity index (χ1v) is 9.11. The van der Waals surface area contributed by atoms with Crippen LogP contribution in [0.15, 0.2) is 48.5 Å². The summed E-state index contributed by atoms with van der Waals surface area (Å²) in [4.78, 5) is 24.6. The molecule has 4 nitrogen and oxygen atoms in total. The summed E-state index contributed by atoms with van der Waals surface area (Å²) >= 11 is 0. The average molecular weight is 372 g/mol. The third-order valence-electron chi connectivity index (χ3n) is 4.99. The molecule has 1 saturated carbocycles. The van der Waals surface area contributed by atoms with Crippen LogP contribution in [0.25, 0.3) is 0 Å². The first kappa shape index (κ1) is 19.0. The highest BCUT2D eigenvalue weighted by Crippen LogP contribution is 2.30. The molecule has 2 N–H and O–H groups in total. The van der Waals surface area contributed by atoms with Crippen molar-refractivity contribution in [2.75, 3.05) is 5.32 Å². The van der Waals surface area contributed by atoms with Crippen molar-refractivity contribution in [1.29, 1.82) is 0 Å². The Hall–Kier alpha value is -2.76. The highest BCUT2D eigenvalue weighted by Gasteiger charge is 2.30. The maximum atomic E-state index is 13.7. The fourth-order valence-corrected chi connectivity index (χ4v) is 3.39. The van der Waals surface area contributed by atoms with E-state index in [1.165, 1.54) is 6.07 Å². The Morgan fingerprint density at radius 1 is 0.815 bits per heavy atom. The van der Waals surface area contributed by atoms with E-state index in [1.54, 1.807) is 0 Å². The molecule has 6 heteroatoms. The van der Waals surface area contributed by atoms with Crippen LogP contribution >= 0.6 is 0 Å². The highest BCUT2D eigenvalue weighted by molar-refractivity contribution is 5.93.